The molecular weight excluding hydrogens is 196 g/mol. The Kier molecular flexibility index (Phi) is 2.32. The van der Waals surface area contributed by atoms with E-state index in [1.807, 2.05) is 0 Å². The fourth-order valence-electron chi connectivity index (χ4n) is 3.94. The highest BCUT2D eigenvalue weighted by molar-refractivity contribution is 5.19. The van der Waals surface area contributed by atoms with Crippen molar-refractivity contribution in [1.29, 1.82) is 0 Å². The Hall–Kier alpha value is -0.820. The molecule has 1 N–H and O–H groups in total. The highest BCUT2D eigenvalue weighted by atomic mass is 16.3. The van der Waals surface area contributed by atoms with Gasteiger partial charge in [-0.1, -0.05) is 30.3 Å². The van der Waals surface area contributed by atoms with Crippen LogP contribution < -0.4 is 0 Å². The molecule has 0 atom stereocenters. The standard InChI is InChI=1S/C15H20O/c16-12-15-8-6-14(11-15,7-9-15)10-13-4-2-1-3-5-13/h1-5,16H,6-12H2. The summed E-state index contributed by atoms with van der Waals surface area (Å²) in [5, 5.41) is 9.52. The molecule has 2 aliphatic rings. The summed E-state index contributed by atoms with van der Waals surface area (Å²) in [7, 11) is 0. The Labute approximate surface area is 97.5 Å². The highest BCUT2D eigenvalue weighted by Crippen LogP contribution is 2.62. The van der Waals surface area contributed by atoms with Gasteiger partial charge in [0.2, 0.25) is 0 Å². The minimum absolute atomic E-state index is 0.300. The van der Waals surface area contributed by atoms with Gasteiger partial charge in [0.1, 0.15) is 0 Å². The van der Waals surface area contributed by atoms with Crippen molar-refractivity contribution in [2.75, 3.05) is 6.61 Å². The lowest BCUT2D eigenvalue weighted by Crippen LogP contribution is -2.18. The molecule has 2 bridgehead atoms. The number of hydrogen-bond donors (Lipinski definition) is 1. The lowest BCUT2D eigenvalue weighted by Gasteiger charge is -2.27. The second-order valence-electron chi connectivity index (χ2n) is 6.00. The van der Waals surface area contributed by atoms with Crippen LogP contribution in [0.25, 0.3) is 0 Å². The molecule has 2 saturated carbocycles. The molecule has 0 aliphatic heterocycles. The van der Waals surface area contributed by atoms with Crippen molar-refractivity contribution < 1.29 is 5.11 Å². The van der Waals surface area contributed by atoms with Crippen LogP contribution in [0.5, 0.6) is 0 Å². The molecule has 0 heterocycles. The van der Waals surface area contributed by atoms with Crippen molar-refractivity contribution in [3.05, 3.63) is 35.9 Å². The van der Waals surface area contributed by atoms with E-state index < -0.39 is 0 Å². The summed E-state index contributed by atoms with van der Waals surface area (Å²) < 4.78 is 0. The first kappa shape index (κ1) is 10.3. The predicted octanol–water partition coefficient (Wildman–Crippen LogP) is 3.17. The molecule has 1 heteroatoms. The van der Waals surface area contributed by atoms with Gasteiger partial charge < -0.3 is 5.11 Å². The summed E-state index contributed by atoms with van der Waals surface area (Å²) in [6, 6.07) is 10.8. The average molecular weight is 216 g/mol. The van der Waals surface area contributed by atoms with Crippen LogP contribution >= 0.6 is 0 Å². The minimum atomic E-state index is 0.300. The zero-order chi connectivity index (χ0) is 11.1. The second-order valence-corrected chi connectivity index (χ2v) is 6.00. The van der Waals surface area contributed by atoms with Gasteiger partial charge in [0.25, 0.3) is 0 Å². The van der Waals surface area contributed by atoms with Crippen molar-refractivity contribution in [1.82, 2.24) is 0 Å². The smallest absolute Gasteiger partial charge is 0.0487 e. The molecule has 2 fully saturated rings. The fraction of sp³-hybridized carbons (Fsp3) is 0.600. The maximum Gasteiger partial charge on any atom is 0.0487 e. The first-order valence-electron chi connectivity index (χ1n) is 6.41. The Morgan fingerprint density at radius 2 is 1.56 bits per heavy atom. The molecule has 1 aromatic carbocycles. The van der Waals surface area contributed by atoms with Gasteiger partial charge in [0, 0.05) is 6.61 Å². The van der Waals surface area contributed by atoms with Gasteiger partial charge in [-0.2, -0.15) is 0 Å². The predicted molar refractivity (Wildman–Crippen MR) is 65.2 cm³/mol. The van der Waals surface area contributed by atoms with Gasteiger partial charge in [0.15, 0.2) is 0 Å². The number of aliphatic hydroxyl groups is 1. The van der Waals surface area contributed by atoms with E-state index in [0.717, 1.165) is 0 Å². The molecule has 0 saturated heterocycles. The molecule has 16 heavy (non-hydrogen) atoms. The number of hydrogen-bond acceptors (Lipinski definition) is 1. The summed E-state index contributed by atoms with van der Waals surface area (Å²) in [6.07, 6.45) is 7.61. The molecule has 0 spiro atoms. The Morgan fingerprint density at radius 1 is 0.938 bits per heavy atom. The van der Waals surface area contributed by atoms with E-state index >= 15 is 0 Å². The molecule has 0 unspecified atom stereocenters. The SMILES string of the molecule is OCC12CCC(Cc3ccccc3)(CC1)C2. The lowest BCUT2D eigenvalue weighted by atomic mass is 9.78. The number of benzene rings is 1. The molecule has 1 nitrogen and oxygen atoms in total. The average Bonchev–Trinajstić information content (AvgIpc) is 2.86. The normalized spacial score (nSPS) is 36.8. The maximum absolute atomic E-state index is 9.52. The van der Waals surface area contributed by atoms with Crippen LogP contribution in [0.3, 0.4) is 0 Å². The zero-order valence-electron chi connectivity index (χ0n) is 9.78. The van der Waals surface area contributed by atoms with Crippen LogP contribution in [0.4, 0.5) is 0 Å². The molecule has 0 amide bonds. The Balaban J connectivity index is 1.78. The first-order valence-corrected chi connectivity index (χ1v) is 6.41. The Bertz CT molecular complexity index is 360. The van der Waals surface area contributed by atoms with Crippen LogP contribution in [0.15, 0.2) is 30.3 Å². The summed E-state index contributed by atoms with van der Waals surface area (Å²) in [4.78, 5) is 0. The zero-order valence-corrected chi connectivity index (χ0v) is 9.78. The monoisotopic (exact) mass is 216 g/mol. The van der Waals surface area contributed by atoms with Crippen molar-refractivity contribution >= 4 is 0 Å². The van der Waals surface area contributed by atoms with Gasteiger partial charge in [-0.3, -0.25) is 0 Å². The molecule has 1 aromatic rings. The van der Waals surface area contributed by atoms with Gasteiger partial charge in [-0.15, -0.1) is 0 Å². The van der Waals surface area contributed by atoms with Crippen LogP contribution in [-0.4, -0.2) is 11.7 Å². The van der Waals surface area contributed by atoms with Crippen LogP contribution in [0.2, 0.25) is 0 Å². The van der Waals surface area contributed by atoms with Crippen molar-refractivity contribution in [2.24, 2.45) is 10.8 Å². The van der Waals surface area contributed by atoms with E-state index in [-0.39, 0.29) is 0 Å². The Morgan fingerprint density at radius 3 is 2.12 bits per heavy atom. The van der Waals surface area contributed by atoms with Crippen LogP contribution in [0.1, 0.15) is 37.7 Å². The molecule has 86 valence electrons. The largest absolute Gasteiger partial charge is 0.396 e. The quantitative estimate of drug-likeness (QED) is 0.822. The molecule has 2 aliphatic carbocycles. The molecule has 0 radical (unpaired) electrons. The van der Waals surface area contributed by atoms with E-state index in [0.29, 0.717) is 17.4 Å². The van der Waals surface area contributed by atoms with E-state index in [9.17, 15) is 5.11 Å². The molecular formula is C15H20O. The summed E-state index contributed by atoms with van der Waals surface area (Å²) in [5.74, 6) is 0. The third-order valence-electron chi connectivity index (χ3n) is 4.88. The van der Waals surface area contributed by atoms with Gasteiger partial charge in [0.05, 0.1) is 0 Å². The number of rotatable bonds is 3. The van der Waals surface area contributed by atoms with Crippen molar-refractivity contribution in [3.63, 3.8) is 0 Å². The van der Waals surface area contributed by atoms with E-state index in [1.54, 1.807) is 0 Å². The number of fused-ring (bicyclic) bond motifs is 2. The highest BCUT2D eigenvalue weighted by Gasteiger charge is 2.53. The van der Waals surface area contributed by atoms with Gasteiger partial charge >= 0.3 is 0 Å². The van der Waals surface area contributed by atoms with E-state index in [1.165, 1.54) is 44.1 Å². The first-order chi connectivity index (χ1) is 7.76. The van der Waals surface area contributed by atoms with Crippen LogP contribution in [0, 0.1) is 10.8 Å². The van der Waals surface area contributed by atoms with Gasteiger partial charge in [-0.05, 0) is 54.9 Å². The van der Waals surface area contributed by atoms with Crippen molar-refractivity contribution in [3.8, 4) is 0 Å². The summed E-state index contributed by atoms with van der Waals surface area (Å²) >= 11 is 0. The lowest BCUT2D eigenvalue weighted by molar-refractivity contribution is 0.133. The van der Waals surface area contributed by atoms with E-state index in [4.69, 9.17) is 0 Å². The second kappa shape index (κ2) is 3.59. The maximum atomic E-state index is 9.52. The number of aliphatic hydroxyl groups excluding tert-OH is 1. The van der Waals surface area contributed by atoms with Crippen LogP contribution in [-0.2, 0) is 6.42 Å². The van der Waals surface area contributed by atoms with Gasteiger partial charge in [-0.25, -0.2) is 0 Å². The summed E-state index contributed by atoms with van der Waals surface area (Å²) in [6.45, 7) is 0.406. The molecule has 3 rings (SSSR count). The van der Waals surface area contributed by atoms with E-state index in [2.05, 4.69) is 30.3 Å². The fourth-order valence-corrected chi connectivity index (χ4v) is 3.94. The van der Waals surface area contributed by atoms with Crippen molar-refractivity contribution in [2.45, 2.75) is 38.5 Å². The topological polar surface area (TPSA) is 20.2 Å². The summed E-state index contributed by atoms with van der Waals surface area (Å²) in [5.41, 5.74) is 2.29. The minimum Gasteiger partial charge on any atom is -0.396 e. The third kappa shape index (κ3) is 1.58. The molecule has 0 aromatic heterocycles. The third-order valence-corrected chi connectivity index (χ3v) is 4.88.